The van der Waals surface area contributed by atoms with E-state index in [0.717, 1.165) is 24.8 Å². The zero-order valence-corrected chi connectivity index (χ0v) is 25.0. The number of rotatable bonds is 10. The summed E-state index contributed by atoms with van der Waals surface area (Å²) < 4.78 is 16.7. The zero-order valence-electron chi connectivity index (χ0n) is 24.2. The lowest BCUT2D eigenvalue weighted by molar-refractivity contribution is -0.126. The van der Waals surface area contributed by atoms with E-state index >= 15 is 0 Å². The van der Waals surface area contributed by atoms with Gasteiger partial charge in [-0.15, -0.1) is 0 Å². The number of para-hydroxylation sites is 1. The number of benzene rings is 3. The van der Waals surface area contributed by atoms with E-state index in [1.165, 1.54) is 27.1 Å². The molecular weight excluding hydrogens is 570 g/mol. The van der Waals surface area contributed by atoms with E-state index in [-0.39, 0.29) is 18.2 Å². The Bertz CT molecular complexity index is 1450. The molecule has 2 aliphatic rings. The van der Waals surface area contributed by atoms with Crippen LogP contribution >= 0.6 is 11.6 Å². The monoisotopic (exact) mass is 605 g/mol. The van der Waals surface area contributed by atoms with E-state index in [1.54, 1.807) is 66.7 Å². The Morgan fingerprint density at radius 3 is 2.42 bits per heavy atom. The predicted molar refractivity (Wildman–Crippen MR) is 165 cm³/mol. The number of hydrogen-bond donors (Lipinski definition) is 3. The summed E-state index contributed by atoms with van der Waals surface area (Å²) in [6, 6.07) is 18.6. The lowest BCUT2D eigenvalue weighted by Gasteiger charge is -2.26. The van der Waals surface area contributed by atoms with Gasteiger partial charge in [0.05, 0.1) is 42.2 Å². The fourth-order valence-electron chi connectivity index (χ4n) is 5.98. The molecule has 0 spiro atoms. The number of carbonyl (C=O) groups excluding carboxylic acids is 3. The van der Waals surface area contributed by atoms with Gasteiger partial charge in [0.1, 0.15) is 11.5 Å². The Morgan fingerprint density at radius 2 is 1.70 bits per heavy atom. The third-order valence-corrected chi connectivity index (χ3v) is 8.46. The van der Waals surface area contributed by atoms with Gasteiger partial charge in [0.2, 0.25) is 0 Å². The molecule has 4 atom stereocenters. The molecule has 5 rings (SSSR count). The van der Waals surface area contributed by atoms with Crippen LogP contribution in [0, 0.1) is 5.92 Å². The highest BCUT2D eigenvalue weighted by Crippen LogP contribution is 2.35. The van der Waals surface area contributed by atoms with Crippen molar-refractivity contribution in [1.29, 1.82) is 0 Å². The minimum atomic E-state index is -0.722. The molecule has 3 N–H and O–H groups in total. The molecule has 43 heavy (non-hydrogen) atoms. The van der Waals surface area contributed by atoms with Gasteiger partial charge in [-0.2, -0.15) is 0 Å². The molecule has 2 amide bonds. The second-order valence-corrected chi connectivity index (χ2v) is 11.4. The molecule has 0 radical (unpaired) electrons. The molecule has 1 aliphatic carbocycles. The number of Topliss-reactive ketones (excluding diaryl/α,β-unsaturated/α-hetero) is 1. The van der Waals surface area contributed by atoms with Gasteiger partial charge in [-0.1, -0.05) is 42.6 Å². The first-order valence-corrected chi connectivity index (χ1v) is 14.9. The molecule has 1 saturated heterocycles. The van der Waals surface area contributed by atoms with E-state index in [4.69, 9.17) is 25.8 Å². The van der Waals surface area contributed by atoms with Gasteiger partial charge in [-0.25, -0.2) is 9.59 Å². The first kappa shape index (κ1) is 30.4. The third-order valence-electron chi connectivity index (χ3n) is 8.13. The molecule has 226 valence electrons. The van der Waals surface area contributed by atoms with Crippen molar-refractivity contribution in [2.45, 2.75) is 56.7 Å². The van der Waals surface area contributed by atoms with Crippen molar-refractivity contribution in [3.05, 3.63) is 82.9 Å². The van der Waals surface area contributed by atoms with Crippen LogP contribution in [0.2, 0.25) is 5.02 Å². The highest BCUT2D eigenvalue weighted by atomic mass is 35.5. The molecule has 3 aromatic carbocycles. The second-order valence-electron chi connectivity index (χ2n) is 11.0. The van der Waals surface area contributed by atoms with Gasteiger partial charge in [-0.3, -0.25) is 4.79 Å². The number of halogens is 1. The number of ether oxygens (including phenoxy) is 3. The van der Waals surface area contributed by atoms with Crippen molar-refractivity contribution in [2.24, 2.45) is 5.92 Å². The standard InChI is InChI=1S/C33H36ClN3O6/c1-41-30-18-20(11-16-27(30)37-33(40)36-26-10-6-4-8-24(26)34)17-29(38)31(28-19-22-7-3-5-9-25(22)35-28)43-23-14-12-21(13-15-23)32(39)42-2/h4,6,8,10-16,18,22,25,28,31,35H,3,5,7,9,17,19H2,1-2H3,(H2,36,37,40)/t22?,25?,28-,31?/m0/s1. The normalized spacial score (nSPS) is 19.9. The van der Waals surface area contributed by atoms with Crippen LogP contribution in [0.1, 0.15) is 48.0 Å². The Morgan fingerprint density at radius 1 is 0.953 bits per heavy atom. The molecule has 1 aliphatic heterocycles. The maximum Gasteiger partial charge on any atom is 0.337 e. The number of urea groups is 1. The van der Waals surface area contributed by atoms with E-state index in [9.17, 15) is 14.4 Å². The molecule has 3 unspecified atom stereocenters. The van der Waals surface area contributed by atoms with Crippen molar-refractivity contribution in [3.63, 3.8) is 0 Å². The number of ketones is 1. The summed E-state index contributed by atoms with van der Waals surface area (Å²) >= 11 is 6.15. The van der Waals surface area contributed by atoms with Crippen molar-refractivity contribution in [3.8, 4) is 11.5 Å². The van der Waals surface area contributed by atoms with E-state index in [1.807, 2.05) is 0 Å². The number of anilines is 2. The highest BCUT2D eigenvalue weighted by Gasteiger charge is 2.42. The highest BCUT2D eigenvalue weighted by molar-refractivity contribution is 6.33. The first-order chi connectivity index (χ1) is 20.8. The molecule has 3 aromatic rings. The Kier molecular flexibility index (Phi) is 9.84. The molecule has 0 aromatic heterocycles. The lowest BCUT2D eigenvalue weighted by atomic mass is 9.84. The van der Waals surface area contributed by atoms with Gasteiger partial charge >= 0.3 is 12.0 Å². The average molecular weight is 606 g/mol. The van der Waals surface area contributed by atoms with Crippen molar-refractivity contribution in [1.82, 2.24) is 5.32 Å². The van der Waals surface area contributed by atoms with Gasteiger partial charge in [0, 0.05) is 12.5 Å². The number of amides is 2. The SMILES string of the molecule is COC(=O)c1ccc(OC(C(=O)Cc2ccc(NC(=O)Nc3ccccc3Cl)c(OC)c2)[C@@H]2CC3CCCCC3N2)cc1. The molecular formula is C33H36ClN3O6. The summed E-state index contributed by atoms with van der Waals surface area (Å²) in [5, 5.41) is 9.61. The van der Waals surface area contributed by atoms with Gasteiger partial charge in [-0.05, 0) is 79.3 Å². The summed E-state index contributed by atoms with van der Waals surface area (Å²) in [7, 11) is 2.84. The van der Waals surface area contributed by atoms with Crippen LogP contribution in [0.5, 0.6) is 11.5 Å². The van der Waals surface area contributed by atoms with Gasteiger partial charge < -0.3 is 30.2 Å². The van der Waals surface area contributed by atoms with E-state index < -0.39 is 18.1 Å². The zero-order chi connectivity index (χ0) is 30.3. The number of methoxy groups -OCH3 is 2. The van der Waals surface area contributed by atoms with Crippen LogP contribution in [0.3, 0.4) is 0 Å². The van der Waals surface area contributed by atoms with Crippen LogP contribution in [0.25, 0.3) is 0 Å². The molecule has 1 saturated carbocycles. The maximum absolute atomic E-state index is 13.9. The fourth-order valence-corrected chi connectivity index (χ4v) is 6.17. The van der Waals surface area contributed by atoms with Crippen molar-refractivity contribution >= 4 is 40.8 Å². The summed E-state index contributed by atoms with van der Waals surface area (Å²) in [5.74, 6) is 0.938. The lowest BCUT2D eigenvalue weighted by Crippen LogP contribution is -2.47. The van der Waals surface area contributed by atoms with E-state index in [2.05, 4.69) is 16.0 Å². The van der Waals surface area contributed by atoms with Crippen molar-refractivity contribution < 1.29 is 28.6 Å². The molecule has 10 heteroatoms. The number of fused-ring (bicyclic) bond motifs is 1. The minimum absolute atomic E-state index is 0.0765. The third kappa shape index (κ3) is 7.47. The molecule has 9 nitrogen and oxygen atoms in total. The summed E-state index contributed by atoms with van der Waals surface area (Å²) in [6.07, 6.45) is 4.91. The molecule has 1 heterocycles. The predicted octanol–water partition coefficient (Wildman–Crippen LogP) is 6.26. The summed E-state index contributed by atoms with van der Waals surface area (Å²) in [5.41, 5.74) is 2.06. The summed E-state index contributed by atoms with van der Waals surface area (Å²) in [6.45, 7) is 0. The Balaban J connectivity index is 1.30. The second kappa shape index (κ2) is 13.9. The van der Waals surface area contributed by atoms with Crippen LogP contribution in [0.4, 0.5) is 16.2 Å². The molecule has 0 bridgehead atoms. The van der Waals surface area contributed by atoms with Gasteiger partial charge in [0.25, 0.3) is 0 Å². The van der Waals surface area contributed by atoms with Crippen molar-refractivity contribution in [2.75, 3.05) is 24.9 Å². The number of hydrogen-bond acceptors (Lipinski definition) is 7. The first-order valence-electron chi connectivity index (χ1n) is 14.5. The Labute approximate surface area is 256 Å². The fraction of sp³-hybridized carbons (Fsp3) is 0.364. The maximum atomic E-state index is 13.9. The minimum Gasteiger partial charge on any atom is -0.495 e. The van der Waals surface area contributed by atoms with Crippen LogP contribution in [-0.2, 0) is 16.0 Å². The largest absolute Gasteiger partial charge is 0.495 e. The Hall–Kier alpha value is -4.08. The van der Waals surface area contributed by atoms with Gasteiger partial charge in [0.15, 0.2) is 11.9 Å². The number of esters is 1. The van der Waals surface area contributed by atoms with E-state index in [0.29, 0.717) is 45.4 Å². The van der Waals surface area contributed by atoms with Crippen LogP contribution in [-0.4, -0.2) is 50.2 Å². The van der Waals surface area contributed by atoms with Crippen LogP contribution in [0.15, 0.2) is 66.7 Å². The quantitative estimate of drug-likeness (QED) is 0.234. The summed E-state index contributed by atoms with van der Waals surface area (Å²) in [4.78, 5) is 38.3. The topological polar surface area (TPSA) is 115 Å². The number of nitrogens with one attached hydrogen (secondary N) is 3. The smallest absolute Gasteiger partial charge is 0.337 e. The molecule has 2 fully saturated rings. The van der Waals surface area contributed by atoms with Crippen LogP contribution < -0.4 is 25.4 Å². The number of carbonyl (C=O) groups is 3. The average Bonchev–Trinajstić information content (AvgIpc) is 3.45.